The van der Waals surface area contributed by atoms with Crippen molar-refractivity contribution in [3.8, 4) is 11.4 Å². The van der Waals surface area contributed by atoms with E-state index in [2.05, 4.69) is 10.2 Å². The lowest BCUT2D eigenvalue weighted by molar-refractivity contribution is 0.628. The van der Waals surface area contributed by atoms with Crippen LogP contribution in [0.4, 0.5) is 21.7 Å². The molecule has 0 saturated heterocycles. The molecule has 3 rings (SSSR count). The van der Waals surface area contributed by atoms with Crippen LogP contribution in [0.15, 0.2) is 42.5 Å². The average molecular weight is 360 g/mol. The summed E-state index contributed by atoms with van der Waals surface area (Å²) in [6, 6.07) is 12.0. The van der Waals surface area contributed by atoms with Crippen molar-refractivity contribution in [2.24, 2.45) is 7.05 Å². The Balaban J connectivity index is 1.97. The summed E-state index contributed by atoms with van der Waals surface area (Å²) in [7, 11) is 7.66. The topological polar surface area (TPSA) is 37.2 Å². The summed E-state index contributed by atoms with van der Waals surface area (Å²) in [5.41, 5.74) is 2.64. The summed E-state index contributed by atoms with van der Waals surface area (Å²) < 4.78 is 15.0. The van der Waals surface area contributed by atoms with Gasteiger partial charge in [-0.25, -0.2) is 4.39 Å². The van der Waals surface area contributed by atoms with Gasteiger partial charge in [0.15, 0.2) is 5.82 Å². The molecule has 0 atom stereocenters. The SMILES string of the molecule is CN(C)c1ccc(-c2nnc(N(C)c3ccc(F)cc3)n2C)c(Cl)c1. The van der Waals surface area contributed by atoms with E-state index in [-0.39, 0.29) is 5.82 Å². The van der Waals surface area contributed by atoms with E-state index in [9.17, 15) is 4.39 Å². The Labute approximate surface area is 151 Å². The zero-order valence-electron chi connectivity index (χ0n) is 14.5. The van der Waals surface area contributed by atoms with E-state index in [0.717, 1.165) is 16.9 Å². The molecule has 0 unspecified atom stereocenters. The summed E-state index contributed by atoms with van der Waals surface area (Å²) in [5.74, 6) is 1.03. The van der Waals surface area contributed by atoms with E-state index in [1.165, 1.54) is 12.1 Å². The molecule has 0 saturated carbocycles. The standard InChI is InChI=1S/C18H19ClFN5/c1-23(2)14-9-10-15(16(19)11-14)17-21-22-18(25(17)4)24(3)13-7-5-12(20)6-8-13/h5-11H,1-4H3. The molecule has 2 aromatic carbocycles. The zero-order chi connectivity index (χ0) is 18.1. The van der Waals surface area contributed by atoms with Crippen molar-refractivity contribution in [1.82, 2.24) is 14.8 Å². The number of halogens is 2. The third-order valence-corrected chi connectivity index (χ3v) is 4.39. The van der Waals surface area contributed by atoms with Gasteiger partial charge in [0.2, 0.25) is 5.95 Å². The first kappa shape index (κ1) is 17.2. The zero-order valence-corrected chi connectivity index (χ0v) is 15.3. The molecule has 0 aliphatic rings. The molecule has 0 aliphatic heterocycles. The van der Waals surface area contributed by atoms with E-state index >= 15 is 0 Å². The van der Waals surface area contributed by atoms with Gasteiger partial charge in [0.05, 0.1) is 5.02 Å². The molecule has 3 aromatic rings. The van der Waals surface area contributed by atoms with E-state index in [1.54, 1.807) is 12.1 Å². The molecule has 5 nitrogen and oxygen atoms in total. The van der Waals surface area contributed by atoms with Crippen LogP contribution < -0.4 is 9.80 Å². The van der Waals surface area contributed by atoms with Crippen LogP contribution in [0.3, 0.4) is 0 Å². The van der Waals surface area contributed by atoms with Crippen LogP contribution in [0.25, 0.3) is 11.4 Å². The van der Waals surface area contributed by atoms with Crippen LogP contribution in [0.5, 0.6) is 0 Å². The monoisotopic (exact) mass is 359 g/mol. The molecule has 25 heavy (non-hydrogen) atoms. The molecular formula is C18H19ClFN5. The van der Waals surface area contributed by atoms with Gasteiger partial charge in [-0.05, 0) is 42.5 Å². The third-order valence-electron chi connectivity index (χ3n) is 4.08. The van der Waals surface area contributed by atoms with Gasteiger partial charge in [0.25, 0.3) is 0 Å². The number of aromatic nitrogens is 3. The smallest absolute Gasteiger partial charge is 0.231 e. The highest BCUT2D eigenvalue weighted by Crippen LogP contribution is 2.32. The Morgan fingerprint density at radius 1 is 0.960 bits per heavy atom. The average Bonchev–Trinajstić information content (AvgIpc) is 2.96. The summed E-state index contributed by atoms with van der Waals surface area (Å²) >= 11 is 6.44. The molecule has 130 valence electrons. The van der Waals surface area contributed by atoms with Gasteiger partial charge in [0, 0.05) is 45.1 Å². The molecular weight excluding hydrogens is 341 g/mol. The van der Waals surface area contributed by atoms with Crippen molar-refractivity contribution in [2.75, 3.05) is 30.9 Å². The molecule has 0 radical (unpaired) electrons. The lowest BCUT2D eigenvalue weighted by atomic mass is 10.2. The molecule has 1 heterocycles. The maximum absolute atomic E-state index is 13.1. The first-order valence-corrected chi connectivity index (χ1v) is 8.12. The number of rotatable bonds is 4. The minimum Gasteiger partial charge on any atom is -0.378 e. The molecule has 7 heteroatoms. The largest absolute Gasteiger partial charge is 0.378 e. The van der Waals surface area contributed by atoms with Crippen molar-refractivity contribution in [2.45, 2.75) is 0 Å². The minimum atomic E-state index is -0.274. The van der Waals surface area contributed by atoms with Crippen LogP contribution in [-0.4, -0.2) is 35.9 Å². The van der Waals surface area contributed by atoms with Crippen LogP contribution in [0.2, 0.25) is 5.02 Å². The van der Waals surface area contributed by atoms with Crippen LogP contribution >= 0.6 is 11.6 Å². The Hall–Kier alpha value is -2.60. The predicted molar refractivity (Wildman–Crippen MR) is 100 cm³/mol. The Morgan fingerprint density at radius 3 is 2.20 bits per heavy atom. The second-order valence-corrected chi connectivity index (χ2v) is 6.38. The maximum atomic E-state index is 13.1. The van der Waals surface area contributed by atoms with Crippen molar-refractivity contribution in [3.05, 3.63) is 53.3 Å². The first-order chi connectivity index (χ1) is 11.9. The highest BCUT2D eigenvalue weighted by Gasteiger charge is 2.17. The number of nitrogens with zero attached hydrogens (tertiary/aromatic N) is 5. The molecule has 0 amide bonds. The van der Waals surface area contributed by atoms with Gasteiger partial charge in [0.1, 0.15) is 5.82 Å². The second-order valence-electron chi connectivity index (χ2n) is 5.98. The lowest BCUT2D eigenvalue weighted by Gasteiger charge is -2.18. The fraction of sp³-hybridized carbons (Fsp3) is 0.222. The Bertz CT molecular complexity index is 889. The van der Waals surface area contributed by atoms with E-state index < -0.39 is 0 Å². The van der Waals surface area contributed by atoms with Gasteiger partial charge in [-0.1, -0.05) is 11.6 Å². The molecule has 0 spiro atoms. The van der Waals surface area contributed by atoms with E-state index in [1.807, 2.05) is 60.8 Å². The van der Waals surface area contributed by atoms with Crippen molar-refractivity contribution < 1.29 is 4.39 Å². The highest BCUT2D eigenvalue weighted by molar-refractivity contribution is 6.33. The van der Waals surface area contributed by atoms with Gasteiger partial charge in [-0.15, -0.1) is 10.2 Å². The summed E-state index contributed by atoms with van der Waals surface area (Å²) in [6.45, 7) is 0. The number of anilines is 3. The number of benzene rings is 2. The Morgan fingerprint density at radius 2 is 1.60 bits per heavy atom. The van der Waals surface area contributed by atoms with Crippen LogP contribution in [-0.2, 0) is 7.05 Å². The minimum absolute atomic E-state index is 0.274. The molecule has 0 bridgehead atoms. The third kappa shape index (κ3) is 3.30. The highest BCUT2D eigenvalue weighted by atomic mass is 35.5. The van der Waals surface area contributed by atoms with Crippen molar-refractivity contribution in [1.29, 1.82) is 0 Å². The van der Waals surface area contributed by atoms with Crippen LogP contribution in [0.1, 0.15) is 0 Å². The molecule has 0 aliphatic carbocycles. The predicted octanol–water partition coefficient (Wildman–Crippen LogP) is 4.11. The molecule has 0 N–H and O–H groups in total. The molecule has 1 aromatic heterocycles. The summed E-state index contributed by atoms with van der Waals surface area (Å²) in [6.07, 6.45) is 0. The summed E-state index contributed by atoms with van der Waals surface area (Å²) in [4.78, 5) is 3.83. The molecule has 0 fully saturated rings. The fourth-order valence-corrected chi connectivity index (χ4v) is 2.85. The number of hydrogen-bond acceptors (Lipinski definition) is 4. The first-order valence-electron chi connectivity index (χ1n) is 7.74. The van der Waals surface area contributed by atoms with Crippen molar-refractivity contribution in [3.63, 3.8) is 0 Å². The lowest BCUT2D eigenvalue weighted by Crippen LogP contribution is -2.14. The normalized spacial score (nSPS) is 10.8. The van der Waals surface area contributed by atoms with Crippen molar-refractivity contribution >= 4 is 28.9 Å². The second kappa shape index (κ2) is 6.72. The quantitative estimate of drug-likeness (QED) is 0.702. The Kier molecular flexibility index (Phi) is 4.63. The van der Waals surface area contributed by atoms with E-state index in [0.29, 0.717) is 16.8 Å². The van der Waals surface area contributed by atoms with Gasteiger partial charge in [-0.2, -0.15) is 0 Å². The van der Waals surface area contributed by atoms with Crippen LogP contribution in [0, 0.1) is 5.82 Å². The van der Waals surface area contributed by atoms with Gasteiger partial charge in [-0.3, -0.25) is 4.57 Å². The summed E-state index contributed by atoms with van der Waals surface area (Å²) in [5, 5.41) is 9.16. The van der Waals surface area contributed by atoms with Gasteiger partial charge < -0.3 is 9.80 Å². The van der Waals surface area contributed by atoms with Gasteiger partial charge >= 0.3 is 0 Å². The number of hydrogen-bond donors (Lipinski definition) is 0. The maximum Gasteiger partial charge on any atom is 0.231 e. The fourth-order valence-electron chi connectivity index (χ4n) is 2.59. The van der Waals surface area contributed by atoms with E-state index in [4.69, 9.17) is 11.6 Å².